The Labute approximate surface area is 185 Å². The van der Waals surface area contributed by atoms with Crippen LogP contribution in [0.5, 0.6) is 11.5 Å². The first-order chi connectivity index (χ1) is 15.1. The van der Waals surface area contributed by atoms with Crippen molar-refractivity contribution in [2.24, 2.45) is 0 Å². The van der Waals surface area contributed by atoms with Crippen LogP contribution in [0.2, 0.25) is 0 Å². The average molecular weight is 424 g/mol. The van der Waals surface area contributed by atoms with Crippen LogP contribution in [0.4, 0.5) is 0 Å². The first-order valence-corrected chi connectivity index (χ1v) is 11.4. The second-order valence-corrected chi connectivity index (χ2v) is 8.59. The maximum absolute atomic E-state index is 13.0. The molecule has 31 heavy (non-hydrogen) atoms. The summed E-state index contributed by atoms with van der Waals surface area (Å²) in [6.07, 6.45) is 6.96. The number of carbonyl (C=O) groups is 1. The number of pyridine rings is 1. The van der Waals surface area contributed by atoms with Crippen LogP contribution in [0.25, 0.3) is 0 Å². The van der Waals surface area contributed by atoms with Gasteiger partial charge in [0.15, 0.2) is 0 Å². The smallest absolute Gasteiger partial charge is 0.257 e. The molecule has 0 radical (unpaired) electrons. The molecule has 0 aliphatic carbocycles. The zero-order chi connectivity index (χ0) is 21.6. The van der Waals surface area contributed by atoms with Gasteiger partial charge >= 0.3 is 0 Å². The highest BCUT2D eigenvalue weighted by Gasteiger charge is 2.27. The lowest BCUT2D eigenvalue weighted by atomic mass is 10.0. The SMILES string of the molecule is COc1ccc(C(=O)N2CCCC2)c(OC2CCN(C(C)Cc3ccccn3)CC2)c1. The summed E-state index contributed by atoms with van der Waals surface area (Å²) >= 11 is 0. The summed E-state index contributed by atoms with van der Waals surface area (Å²) in [7, 11) is 1.64. The van der Waals surface area contributed by atoms with Crippen molar-refractivity contribution in [1.29, 1.82) is 0 Å². The van der Waals surface area contributed by atoms with Crippen molar-refractivity contribution in [3.63, 3.8) is 0 Å². The lowest BCUT2D eigenvalue weighted by molar-refractivity contribution is 0.0727. The van der Waals surface area contributed by atoms with E-state index in [1.165, 1.54) is 0 Å². The number of nitrogens with zero attached hydrogens (tertiary/aromatic N) is 3. The van der Waals surface area contributed by atoms with E-state index < -0.39 is 0 Å². The lowest BCUT2D eigenvalue weighted by Crippen LogP contribution is -2.44. The number of aromatic nitrogens is 1. The van der Waals surface area contributed by atoms with Crippen molar-refractivity contribution in [2.75, 3.05) is 33.3 Å². The predicted molar refractivity (Wildman–Crippen MR) is 121 cm³/mol. The molecule has 3 heterocycles. The Hall–Kier alpha value is -2.60. The van der Waals surface area contributed by atoms with Crippen LogP contribution in [-0.4, -0.2) is 66.1 Å². The molecule has 0 saturated carbocycles. The number of methoxy groups -OCH3 is 1. The van der Waals surface area contributed by atoms with Crippen molar-refractivity contribution >= 4 is 5.91 Å². The quantitative estimate of drug-likeness (QED) is 0.678. The Kier molecular flexibility index (Phi) is 7.07. The van der Waals surface area contributed by atoms with E-state index in [-0.39, 0.29) is 12.0 Å². The molecule has 1 amide bonds. The van der Waals surface area contributed by atoms with Crippen LogP contribution in [-0.2, 0) is 6.42 Å². The van der Waals surface area contributed by atoms with Crippen LogP contribution in [0.1, 0.15) is 48.7 Å². The Morgan fingerprint density at radius 1 is 1.13 bits per heavy atom. The van der Waals surface area contributed by atoms with Crippen molar-refractivity contribution in [2.45, 2.75) is 51.2 Å². The third-order valence-electron chi connectivity index (χ3n) is 6.44. The Morgan fingerprint density at radius 2 is 1.90 bits per heavy atom. The van der Waals surface area contributed by atoms with E-state index in [1.54, 1.807) is 7.11 Å². The maximum atomic E-state index is 13.0. The summed E-state index contributed by atoms with van der Waals surface area (Å²) in [5.74, 6) is 1.43. The van der Waals surface area contributed by atoms with Crippen molar-refractivity contribution in [3.05, 3.63) is 53.9 Å². The van der Waals surface area contributed by atoms with E-state index in [0.29, 0.717) is 17.4 Å². The van der Waals surface area contributed by atoms with Crippen molar-refractivity contribution in [3.8, 4) is 11.5 Å². The summed E-state index contributed by atoms with van der Waals surface area (Å²) in [5.41, 5.74) is 1.78. The van der Waals surface area contributed by atoms with Gasteiger partial charge in [0.1, 0.15) is 17.6 Å². The zero-order valence-corrected chi connectivity index (χ0v) is 18.6. The van der Waals surface area contributed by atoms with Crippen molar-refractivity contribution in [1.82, 2.24) is 14.8 Å². The van der Waals surface area contributed by atoms with Gasteiger partial charge in [-0.15, -0.1) is 0 Å². The van der Waals surface area contributed by atoms with Crippen LogP contribution < -0.4 is 9.47 Å². The second kappa shape index (κ2) is 10.1. The predicted octanol–water partition coefficient (Wildman–Crippen LogP) is 3.80. The highest BCUT2D eigenvalue weighted by Crippen LogP contribution is 2.30. The third-order valence-corrected chi connectivity index (χ3v) is 6.44. The molecule has 2 aliphatic heterocycles. The van der Waals surface area contributed by atoms with E-state index in [1.807, 2.05) is 41.4 Å². The van der Waals surface area contributed by atoms with Gasteiger partial charge in [0, 0.05) is 56.6 Å². The molecule has 0 spiro atoms. The van der Waals surface area contributed by atoms with Gasteiger partial charge in [-0.3, -0.25) is 14.7 Å². The molecule has 2 aromatic rings. The van der Waals surface area contributed by atoms with Gasteiger partial charge in [0.2, 0.25) is 0 Å². The zero-order valence-electron chi connectivity index (χ0n) is 18.6. The first-order valence-electron chi connectivity index (χ1n) is 11.4. The second-order valence-electron chi connectivity index (χ2n) is 8.59. The van der Waals surface area contributed by atoms with Gasteiger partial charge in [-0.05, 0) is 56.9 Å². The molecule has 1 atom stereocenters. The minimum Gasteiger partial charge on any atom is -0.497 e. The molecule has 6 nitrogen and oxygen atoms in total. The highest BCUT2D eigenvalue weighted by molar-refractivity contribution is 5.97. The fourth-order valence-corrected chi connectivity index (χ4v) is 4.56. The molecule has 1 aromatic heterocycles. The molecule has 2 saturated heterocycles. The van der Waals surface area contributed by atoms with Crippen LogP contribution >= 0.6 is 0 Å². The normalized spacial score (nSPS) is 18.7. The van der Waals surface area contributed by atoms with Gasteiger partial charge in [0.05, 0.1) is 12.7 Å². The Morgan fingerprint density at radius 3 is 2.58 bits per heavy atom. The van der Waals surface area contributed by atoms with E-state index in [0.717, 1.165) is 69.7 Å². The molecule has 4 rings (SSSR count). The van der Waals surface area contributed by atoms with Gasteiger partial charge in [-0.1, -0.05) is 6.07 Å². The van der Waals surface area contributed by atoms with E-state index in [2.05, 4.69) is 22.9 Å². The molecular formula is C25H33N3O3. The summed E-state index contributed by atoms with van der Waals surface area (Å²) in [5, 5.41) is 0. The van der Waals surface area contributed by atoms with Crippen LogP contribution in [0, 0.1) is 0 Å². The number of amides is 1. The molecule has 1 aromatic carbocycles. The number of rotatable bonds is 7. The summed E-state index contributed by atoms with van der Waals surface area (Å²) < 4.78 is 11.8. The topological polar surface area (TPSA) is 54.9 Å². The molecule has 0 N–H and O–H groups in total. The molecular weight excluding hydrogens is 390 g/mol. The molecule has 2 aliphatic rings. The van der Waals surface area contributed by atoms with Crippen LogP contribution in [0.3, 0.4) is 0 Å². The summed E-state index contributed by atoms with van der Waals surface area (Å²) in [6, 6.07) is 12.1. The molecule has 2 fully saturated rings. The summed E-state index contributed by atoms with van der Waals surface area (Å²) in [6.45, 7) is 5.90. The number of carbonyl (C=O) groups excluding carboxylic acids is 1. The number of piperidine rings is 1. The van der Waals surface area contributed by atoms with Gasteiger partial charge in [0.25, 0.3) is 5.91 Å². The minimum absolute atomic E-state index is 0.0663. The number of benzene rings is 1. The third kappa shape index (κ3) is 5.37. The van der Waals surface area contributed by atoms with E-state index in [4.69, 9.17) is 9.47 Å². The fourth-order valence-electron chi connectivity index (χ4n) is 4.56. The van der Waals surface area contributed by atoms with E-state index >= 15 is 0 Å². The number of hydrogen-bond donors (Lipinski definition) is 0. The standard InChI is InChI=1S/C25H33N3O3/c1-19(17-20-7-3-4-12-26-20)27-15-10-21(11-16-27)31-24-18-22(30-2)8-9-23(24)25(29)28-13-5-6-14-28/h3-4,7-9,12,18-19,21H,5-6,10-11,13-17H2,1-2H3. The number of ether oxygens (including phenoxy) is 2. The summed E-state index contributed by atoms with van der Waals surface area (Å²) in [4.78, 5) is 21.9. The highest BCUT2D eigenvalue weighted by atomic mass is 16.5. The van der Waals surface area contributed by atoms with Crippen LogP contribution in [0.15, 0.2) is 42.6 Å². The first kappa shape index (κ1) is 21.6. The molecule has 1 unspecified atom stereocenters. The fraction of sp³-hybridized carbons (Fsp3) is 0.520. The van der Waals surface area contributed by atoms with E-state index in [9.17, 15) is 4.79 Å². The maximum Gasteiger partial charge on any atom is 0.257 e. The Bertz CT molecular complexity index is 860. The van der Waals surface area contributed by atoms with Gasteiger partial charge < -0.3 is 14.4 Å². The molecule has 166 valence electrons. The number of hydrogen-bond acceptors (Lipinski definition) is 5. The van der Waals surface area contributed by atoms with Crippen molar-refractivity contribution < 1.29 is 14.3 Å². The molecule has 6 heteroatoms. The lowest BCUT2D eigenvalue weighted by Gasteiger charge is -2.36. The monoisotopic (exact) mass is 423 g/mol. The van der Waals surface area contributed by atoms with Gasteiger partial charge in [-0.2, -0.15) is 0 Å². The number of likely N-dealkylation sites (tertiary alicyclic amines) is 2. The Balaban J connectivity index is 1.38. The van der Waals surface area contributed by atoms with Gasteiger partial charge in [-0.25, -0.2) is 0 Å². The largest absolute Gasteiger partial charge is 0.497 e. The molecule has 0 bridgehead atoms. The minimum atomic E-state index is 0.0663. The average Bonchev–Trinajstić information content (AvgIpc) is 3.35.